The van der Waals surface area contributed by atoms with Crippen LogP contribution in [0.1, 0.15) is 25.5 Å². The van der Waals surface area contributed by atoms with Crippen LogP contribution < -0.4 is 5.32 Å². The average Bonchev–Trinajstić information content (AvgIpc) is 3.03. The first-order valence-electron chi connectivity index (χ1n) is 6.75. The fraction of sp³-hybridized carbons (Fsp3) is 0.769. The molecule has 0 amide bonds. The first-order chi connectivity index (χ1) is 8.31. The zero-order chi connectivity index (χ0) is 11.7. The van der Waals surface area contributed by atoms with Crippen LogP contribution in [0.15, 0.2) is 12.3 Å². The molecule has 1 unspecified atom stereocenters. The molecule has 2 aliphatic heterocycles. The molecule has 0 aliphatic carbocycles. The molecule has 4 nitrogen and oxygen atoms in total. The second-order valence-electron chi connectivity index (χ2n) is 5.53. The van der Waals surface area contributed by atoms with Gasteiger partial charge in [-0.2, -0.15) is 5.10 Å². The fourth-order valence-electron chi connectivity index (χ4n) is 3.31. The average molecular weight is 271 g/mol. The van der Waals surface area contributed by atoms with Crippen LogP contribution in [0.4, 0.5) is 0 Å². The lowest BCUT2D eigenvalue weighted by Gasteiger charge is -2.22. The van der Waals surface area contributed by atoms with Crippen molar-refractivity contribution in [3.8, 4) is 0 Å². The summed E-state index contributed by atoms with van der Waals surface area (Å²) in [6, 6.07) is 2.15. The summed E-state index contributed by atoms with van der Waals surface area (Å²) in [7, 11) is 0. The van der Waals surface area contributed by atoms with Crippen LogP contribution in [0, 0.1) is 5.41 Å². The van der Waals surface area contributed by atoms with Crippen molar-refractivity contribution in [1.82, 2.24) is 20.0 Å². The Bertz CT molecular complexity index is 384. The molecule has 0 bridgehead atoms. The number of likely N-dealkylation sites (tertiary alicyclic amines) is 1. The maximum absolute atomic E-state index is 4.34. The molecule has 2 saturated heterocycles. The van der Waals surface area contributed by atoms with Crippen molar-refractivity contribution in [3.05, 3.63) is 18.0 Å². The number of nitrogens with one attached hydrogen (secondary N) is 1. The van der Waals surface area contributed by atoms with Crippen molar-refractivity contribution in [3.63, 3.8) is 0 Å². The standard InChI is InChI=1S/C13H22N4.ClH/c1-2-17-12(3-6-15-17)9-16-8-5-13(11-16)4-7-14-10-13;/h3,6,14H,2,4-5,7-11H2,1H3;1H. The summed E-state index contributed by atoms with van der Waals surface area (Å²) >= 11 is 0. The van der Waals surface area contributed by atoms with Crippen LogP contribution in [0.2, 0.25) is 0 Å². The molecule has 2 aliphatic rings. The highest BCUT2D eigenvalue weighted by Gasteiger charge is 2.40. The molecule has 2 fully saturated rings. The van der Waals surface area contributed by atoms with Gasteiger partial charge in [0.1, 0.15) is 0 Å². The molecule has 1 atom stereocenters. The topological polar surface area (TPSA) is 33.1 Å². The minimum atomic E-state index is 0. The van der Waals surface area contributed by atoms with Gasteiger partial charge in [0.05, 0.1) is 5.69 Å². The van der Waals surface area contributed by atoms with Gasteiger partial charge in [0.25, 0.3) is 0 Å². The number of nitrogens with zero attached hydrogens (tertiary/aromatic N) is 3. The molecule has 0 radical (unpaired) electrons. The van der Waals surface area contributed by atoms with Crippen LogP contribution in [0.5, 0.6) is 0 Å². The molecule has 1 spiro atoms. The predicted octanol–water partition coefficient (Wildman–Crippen LogP) is 1.51. The van der Waals surface area contributed by atoms with E-state index < -0.39 is 0 Å². The van der Waals surface area contributed by atoms with Crippen LogP contribution >= 0.6 is 12.4 Å². The second-order valence-corrected chi connectivity index (χ2v) is 5.53. The van der Waals surface area contributed by atoms with Gasteiger partial charge in [-0.25, -0.2) is 0 Å². The highest BCUT2D eigenvalue weighted by molar-refractivity contribution is 5.85. The summed E-state index contributed by atoms with van der Waals surface area (Å²) in [5.41, 5.74) is 1.94. The Morgan fingerprint density at radius 2 is 2.33 bits per heavy atom. The summed E-state index contributed by atoms with van der Waals surface area (Å²) in [5, 5.41) is 7.86. The quantitative estimate of drug-likeness (QED) is 0.904. The van der Waals surface area contributed by atoms with E-state index in [1.54, 1.807) is 0 Å². The Morgan fingerprint density at radius 1 is 1.44 bits per heavy atom. The van der Waals surface area contributed by atoms with Crippen molar-refractivity contribution >= 4 is 12.4 Å². The fourth-order valence-corrected chi connectivity index (χ4v) is 3.31. The zero-order valence-corrected chi connectivity index (χ0v) is 11.9. The van der Waals surface area contributed by atoms with Gasteiger partial charge in [-0.05, 0) is 44.3 Å². The number of rotatable bonds is 3. The largest absolute Gasteiger partial charge is 0.316 e. The summed E-state index contributed by atoms with van der Waals surface area (Å²) in [5.74, 6) is 0. The van der Waals surface area contributed by atoms with Crippen molar-refractivity contribution in [2.24, 2.45) is 5.41 Å². The van der Waals surface area contributed by atoms with E-state index >= 15 is 0 Å². The van der Waals surface area contributed by atoms with Gasteiger partial charge in [-0.1, -0.05) is 0 Å². The van der Waals surface area contributed by atoms with E-state index in [1.807, 2.05) is 6.20 Å². The lowest BCUT2D eigenvalue weighted by Crippen LogP contribution is -2.29. The lowest BCUT2D eigenvalue weighted by atomic mass is 9.87. The van der Waals surface area contributed by atoms with E-state index in [-0.39, 0.29) is 12.4 Å². The molecule has 3 rings (SSSR count). The minimum Gasteiger partial charge on any atom is -0.316 e. The molecular weight excluding hydrogens is 248 g/mol. The van der Waals surface area contributed by atoms with E-state index in [4.69, 9.17) is 0 Å². The summed E-state index contributed by atoms with van der Waals surface area (Å²) < 4.78 is 2.11. The van der Waals surface area contributed by atoms with Crippen molar-refractivity contribution < 1.29 is 0 Å². The van der Waals surface area contributed by atoms with Crippen LogP contribution in [0.3, 0.4) is 0 Å². The van der Waals surface area contributed by atoms with Gasteiger partial charge in [-0.15, -0.1) is 12.4 Å². The van der Waals surface area contributed by atoms with Gasteiger partial charge in [-0.3, -0.25) is 9.58 Å². The molecule has 3 heterocycles. The molecule has 5 heteroatoms. The van der Waals surface area contributed by atoms with Crippen LogP contribution in [0.25, 0.3) is 0 Å². The van der Waals surface area contributed by atoms with E-state index in [9.17, 15) is 0 Å². The molecule has 18 heavy (non-hydrogen) atoms. The van der Waals surface area contributed by atoms with Crippen molar-refractivity contribution in [2.75, 3.05) is 26.2 Å². The van der Waals surface area contributed by atoms with E-state index in [0.29, 0.717) is 5.41 Å². The molecule has 0 aromatic carbocycles. The van der Waals surface area contributed by atoms with E-state index in [1.165, 1.54) is 44.7 Å². The van der Waals surface area contributed by atoms with Crippen molar-refractivity contribution in [2.45, 2.75) is 32.9 Å². The third kappa shape index (κ3) is 2.56. The molecule has 1 aromatic rings. The minimum absolute atomic E-state index is 0. The molecule has 1 aromatic heterocycles. The number of hydrogen-bond donors (Lipinski definition) is 1. The number of aromatic nitrogens is 2. The van der Waals surface area contributed by atoms with Crippen LogP contribution in [-0.2, 0) is 13.1 Å². The SMILES string of the molecule is CCn1nccc1CN1CCC2(CCNC2)C1.Cl. The van der Waals surface area contributed by atoms with Gasteiger partial charge < -0.3 is 5.32 Å². The summed E-state index contributed by atoms with van der Waals surface area (Å²) in [6.07, 6.45) is 4.64. The van der Waals surface area contributed by atoms with Crippen molar-refractivity contribution in [1.29, 1.82) is 0 Å². The van der Waals surface area contributed by atoms with Gasteiger partial charge in [0.15, 0.2) is 0 Å². The first kappa shape index (κ1) is 13.8. The third-order valence-electron chi connectivity index (χ3n) is 4.34. The molecular formula is C13H23ClN4. The smallest absolute Gasteiger partial charge is 0.0524 e. The Balaban J connectivity index is 0.00000120. The normalized spacial score (nSPS) is 27.8. The monoisotopic (exact) mass is 270 g/mol. The molecule has 1 N–H and O–H groups in total. The van der Waals surface area contributed by atoms with Gasteiger partial charge in [0.2, 0.25) is 0 Å². The molecule has 0 saturated carbocycles. The first-order valence-corrected chi connectivity index (χ1v) is 6.75. The van der Waals surface area contributed by atoms with Gasteiger partial charge in [0, 0.05) is 32.4 Å². The van der Waals surface area contributed by atoms with E-state index in [2.05, 4.69) is 33.0 Å². The maximum atomic E-state index is 4.34. The maximum Gasteiger partial charge on any atom is 0.0524 e. The van der Waals surface area contributed by atoms with E-state index in [0.717, 1.165) is 13.1 Å². The Kier molecular flexibility index (Phi) is 4.30. The summed E-state index contributed by atoms with van der Waals surface area (Å²) in [6.45, 7) is 9.13. The Labute approximate surface area is 115 Å². The zero-order valence-electron chi connectivity index (χ0n) is 11.1. The van der Waals surface area contributed by atoms with Crippen LogP contribution in [-0.4, -0.2) is 40.9 Å². The Hall–Kier alpha value is -0.580. The highest BCUT2D eigenvalue weighted by atomic mass is 35.5. The predicted molar refractivity (Wildman–Crippen MR) is 75.0 cm³/mol. The number of halogens is 1. The number of aryl methyl sites for hydroxylation is 1. The number of hydrogen-bond acceptors (Lipinski definition) is 3. The van der Waals surface area contributed by atoms with Gasteiger partial charge >= 0.3 is 0 Å². The second kappa shape index (κ2) is 5.59. The highest BCUT2D eigenvalue weighted by Crippen LogP contribution is 2.36. The summed E-state index contributed by atoms with van der Waals surface area (Å²) in [4.78, 5) is 2.59. The third-order valence-corrected chi connectivity index (χ3v) is 4.34. The molecule has 102 valence electrons. The lowest BCUT2D eigenvalue weighted by molar-refractivity contribution is 0.262. The Morgan fingerprint density at radius 3 is 3.06 bits per heavy atom.